The van der Waals surface area contributed by atoms with Crippen LogP contribution in [0.5, 0.6) is 5.75 Å². The molecule has 0 aliphatic rings. The van der Waals surface area contributed by atoms with Gasteiger partial charge in [-0.2, -0.15) is 18.3 Å². The molecule has 0 aliphatic carbocycles. The number of alkyl halides is 3. The highest BCUT2D eigenvalue weighted by atomic mass is 19.4. The minimum Gasteiger partial charge on any atom is -0.493 e. The fraction of sp³-hybridized carbons (Fsp3) is 0.727. The summed E-state index contributed by atoms with van der Waals surface area (Å²) in [5, 5.41) is 14.0. The smallest absolute Gasteiger partial charge is 0.411 e. The summed E-state index contributed by atoms with van der Waals surface area (Å²) in [6.07, 6.45) is -3.84. The summed E-state index contributed by atoms with van der Waals surface area (Å²) in [5.41, 5.74) is 0.445. The molecule has 0 saturated carbocycles. The molecule has 19 heavy (non-hydrogen) atoms. The van der Waals surface area contributed by atoms with Gasteiger partial charge in [-0.25, -0.2) is 0 Å². The maximum absolute atomic E-state index is 11.9. The Morgan fingerprint density at radius 3 is 2.68 bits per heavy atom. The van der Waals surface area contributed by atoms with Gasteiger partial charge in [-0.1, -0.05) is 0 Å². The summed E-state index contributed by atoms with van der Waals surface area (Å²) in [6.45, 7) is 0.852. The number of aryl methyl sites for hydroxylation is 1. The highest BCUT2D eigenvalue weighted by molar-refractivity contribution is 5.27. The van der Waals surface area contributed by atoms with Crippen molar-refractivity contribution in [3.05, 3.63) is 11.9 Å². The van der Waals surface area contributed by atoms with Gasteiger partial charge < -0.3 is 14.6 Å². The van der Waals surface area contributed by atoms with Crippen molar-refractivity contribution in [2.75, 3.05) is 20.3 Å². The zero-order valence-corrected chi connectivity index (χ0v) is 10.8. The Balaban J connectivity index is 2.53. The number of aliphatic hydroxyl groups is 1. The van der Waals surface area contributed by atoms with Crippen molar-refractivity contribution in [2.24, 2.45) is 0 Å². The molecule has 5 nitrogen and oxygen atoms in total. The fourth-order valence-electron chi connectivity index (χ4n) is 1.64. The average molecular weight is 282 g/mol. The van der Waals surface area contributed by atoms with Crippen molar-refractivity contribution in [3.8, 4) is 5.75 Å². The quantitative estimate of drug-likeness (QED) is 0.776. The van der Waals surface area contributed by atoms with E-state index < -0.39 is 18.9 Å². The Labute approximate surface area is 108 Å². The van der Waals surface area contributed by atoms with Gasteiger partial charge in [0, 0.05) is 19.6 Å². The van der Waals surface area contributed by atoms with Gasteiger partial charge in [0.05, 0.1) is 13.3 Å². The van der Waals surface area contributed by atoms with E-state index >= 15 is 0 Å². The lowest BCUT2D eigenvalue weighted by molar-refractivity contribution is -0.175. The van der Waals surface area contributed by atoms with Crippen molar-refractivity contribution in [1.82, 2.24) is 9.78 Å². The van der Waals surface area contributed by atoms with Gasteiger partial charge >= 0.3 is 6.18 Å². The second-order valence-corrected chi connectivity index (χ2v) is 3.89. The highest BCUT2D eigenvalue weighted by Gasteiger charge is 2.27. The van der Waals surface area contributed by atoms with E-state index in [2.05, 4.69) is 9.84 Å². The molecule has 1 rings (SSSR count). The van der Waals surface area contributed by atoms with E-state index in [1.165, 1.54) is 18.0 Å². The fourth-order valence-corrected chi connectivity index (χ4v) is 1.64. The summed E-state index contributed by atoms with van der Waals surface area (Å²) in [6, 6.07) is 0. The molecule has 0 bridgehead atoms. The third-order valence-corrected chi connectivity index (χ3v) is 2.48. The Morgan fingerprint density at radius 2 is 2.16 bits per heavy atom. The van der Waals surface area contributed by atoms with E-state index in [1.54, 1.807) is 0 Å². The lowest BCUT2D eigenvalue weighted by Crippen LogP contribution is -2.18. The SMILES string of the molecule is CCn1ncc(OC)c1C(O)CCOCC(F)(F)F. The van der Waals surface area contributed by atoms with Crippen LogP contribution in [0.4, 0.5) is 13.2 Å². The predicted octanol–water partition coefficient (Wildman–Crippen LogP) is 1.91. The normalized spacial score (nSPS) is 13.6. The topological polar surface area (TPSA) is 56.5 Å². The van der Waals surface area contributed by atoms with Gasteiger partial charge in [-0.15, -0.1) is 0 Å². The first-order valence-electron chi connectivity index (χ1n) is 5.81. The van der Waals surface area contributed by atoms with Gasteiger partial charge in [-0.05, 0) is 6.92 Å². The first kappa shape index (κ1) is 15.8. The minimum absolute atomic E-state index is 0.0398. The summed E-state index contributed by atoms with van der Waals surface area (Å²) < 4.78 is 46.6. The van der Waals surface area contributed by atoms with E-state index in [0.29, 0.717) is 18.0 Å². The third-order valence-electron chi connectivity index (χ3n) is 2.48. The Hall–Kier alpha value is -1.28. The Kier molecular flexibility index (Phi) is 5.61. The van der Waals surface area contributed by atoms with Crippen LogP contribution in [0.1, 0.15) is 25.1 Å². The number of ether oxygens (including phenoxy) is 2. The second-order valence-electron chi connectivity index (χ2n) is 3.89. The molecule has 0 saturated heterocycles. The molecular formula is C11H17F3N2O3. The van der Waals surface area contributed by atoms with Crippen molar-refractivity contribution in [1.29, 1.82) is 0 Å². The first-order valence-corrected chi connectivity index (χ1v) is 5.81. The molecule has 1 unspecified atom stereocenters. The molecule has 1 aromatic heterocycles. The molecule has 1 atom stereocenters. The molecule has 0 radical (unpaired) electrons. The number of aromatic nitrogens is 2. The van der Waals surface area contributed by atoms with Crippen molar-refractivity contribution in [2.45, 2.75) is 32.2 Å². The molecule has 1 aromatic rings. The minimum atomic E-state index is -4.35. The summed E-state index contributed by atoms with van der Waals surface area (Å²) in [7, 11) is 1.44. The number of rotatable bonds is 7. The van der Waals surface area contributed by atoms with E-state index in [9.17, 15) is 18.3 Å². The van der Waals surface area contributed by atoms with Crippen LogP contribution in [-0.2, 0) is 11.3 Å². The number of halogens is 3. The molecule has 0 aromatic carbocycles. The van der Waals surface area contributed by atoms with E-state index in [0.717, 1.165) is 0 Å². The molecule has 110 valence electrons. The Morgan fingerprint density at radius 1 is 1.47 bits per heavy atom. The lowest BCUT2D eigenvalue weighted by atomic mass is 10.2. The monoisotopic (exact) mass is 282 g/mol. The van der Waals surface area contributed by atoms with Gasteiger partial charge in [0.1, 0.15) is 18.4 Å². The van der Waals surface area contributed by atoms with Gasteiger partial charge in [-0.3, -0.25) is 4.68 Å². The van der Waals surface area contributed by atoms with E-state index in [1.807, 2.05) is 6.92 Å². The molecule has 8 heteroatoms. The standard InChI is InChI=1S/C11H17F3N2O3/c1-3-16-10(9(18-2)6-15-16)8(17)4-5-19-7-11(12,13)14/h6,8,17H,3-5,7H2,1-2H3. The number of aliphatic hydroxyl groups excluding tert-OH is 1. The van der Waals surface area contributed by atoms with E-state index in [4.69, 9.17) is 4.74 Å². The van der Waals surface area contributed by atoms with Crippen LogP contribution < -0.4 is 4.74 Å². The summed E-state index contributed by atoms with van der Waals surface area (Å²) in [5.74, 6) is 0.408. The number of hydrogen-bond acceptors (Lipinski definition) is 4. The van der Waals surface area contributed by atoms with Gasteiger partial charge in [0.25, 0.3) is 0 Å². The van der Waals surface area contributed by atoms with Crippen LogP contribution in [0, 0.1) is 0 Å². The van der Waals surface area contributed by atoms with Crippen LogP contribution in [0.3, 0.4) is 0 Å². The van der Waals surface area contributed by atoms with Crippen molar-refractivity contribution in [3.63, 3.8) is 0 Å². The molecule has 0 fully saturated rings. The Bertz CT molecular complexity index is 372. The molecule has 0 amide bonds. The maximum Gasteiger partial charge on any atom is 0.411 e. The largest absolute Gasteiger partial charge is 0.493 e. The molecule has 0 aliphatic heterocycles. The number of hydrogen-bond donors (Lipinski definition) is 1. The predicted molar refractivity (Wildman–Crippen MR) is 60.9 cm³/mol. The zero-order valence-electron chi connectivity index (χ0n) is 10.8. The highest BCUT2D eigenvalue weighted by Crippen LogP contribution is 2.27. The van der Waals surface area contributed by atoms with Crippen LogP contribution in [-0.4, -0.2) is 41.4 Å². The van der Waals surface area contributed by atoms with Gasteiger partial charge in [0.15, 0.2) is 5.75 Å². The van der Waals surface area contributed by atoms with Crippen molar-refractivity contribution < 1.29 is 27.8 Å². The second kappa shape index (κ2) is 6.76. The third kappa shape index (κ3) is 4.71. The number of methoxy groups -OCH3 is 1. The van der Waals surface area contributed by atoms with Crippen LogP contribution in [0.15, 0.2) is 6.20 Å². The number of nitrogens with zero attached hydrogens (tertiary/aromatic N) is 2. The van der Waals surface area contributed by atoms with Crippen molar-refractivity contribution >= 4 is 0 Å². The van der Waals surface area contributed by atoms with Gasteiger partial charge in [0.2, 0.25) is 0 Å². The average Bonchev–Trinajstić information content (AvgIpc) is 2.76. The lowest BCUT2D eigenvalue weighted by Gasteiger charge is -2.14. The molecule has 0 spiro atoms. The summed E-state index contributed by atoms with van der Waals surface area (Å²) >= 11 is 0. The van der Waals surface area contributed by atoms with E-state index in [-0.39, 0.29) is 13.0 Å². The first-order chi connectivity index (χ1) is 8.89. The molecule has 1 N–H and O–H groups in total. The van der Waals surface area contributed by atoms with Crippen LogP contribution >= 0.6 is 0 Å². The molecular weight excluding hydrogens is 265 g/mol. The summed E-state index contributed by atoms with van der Waals surface area (Å²) in [4.78, 5) is 0. The zero-order chi connectivity index (χ0) is 14.5. The molecule has 1 heterocycles. The van der Waals surface area contributed by atoms with Crippen LogP contribution in [0.2, 0.25) is 0 Å². The maximum atomic E-state index is 11.9. The van der Waals surface area contributed by atoms with Crippen LogP contribution in [0.25, 0.3) is 0 Å².